The summed E-state index contributed by atoms with van der Waals surface area (Å²) in [6.45, 7) is 6.80. The third kappa shape index (κ3) is 4.31. The van der Waals surface area contributed by atoms with Crippen LogP contribution in [-0.2, 0) is 0 Å². The second-order valence-electron chi connectivity index (χ2n) is 6.20. The molecule has 6 heteroatoms. The number of para-hydroxylation sites is 1. The van der Waals surface area contributed by atoms with E-state index < -0.39 is 0 Å². The van der Waals surface area contributed by atoms with Crippen LogP contribution >= 0.6 is 11.6 Å². The molecule has 0 saturated carbocycles. The van der Waals surface area contributed by atoms with E-state index in [1.807, 2.05) is 44.2 Å². The zero-order valence-electron chi connectivity index (χ0n) is 16.0. The molecule has 3 aromatic rings. The Morgan fingerprint density at radius 3 is 2.48 bits per heavy atom. The number of anilines is 4. The number of hydrogen-bond acceptors (Lipinski definition) is 5. The Morgan fingerprint density at radius 2 is 1.81 bits per heavy atom. The highest BCUT2D eigenvalue weighted by Gasteiger charge is 2.13. The zero-order valence-corrected chi connectivity index (χ0v) is 16.7. The van der Waals surface area contributed by atoms with E-state index in [0.717, 1.165) is 35.0 Å². The van der Waals surface area contributed by atoms with Gasteiger partial charge in [0.1, 0.15) is 11.6 Å². The van der Waals surface area contributed by atoms with Crippen molar-refractivity contribution in [2.45, 2.75) is 20.8 Å². The van der Waals surface area contributed by atoms with E-state index in [4.69, 9.17) is 21.3 Å². The molecule has 0 spiro atoms. The SMILES string of the molecule is CCN(c1ccccc1)c1cc(C)nc(Nc2cc(C)c(Cl)cc2OC)n1. The minimum absolute atomic E-state index is 0.513. The van der Waals surface area contributed by atoms with Crippen molar-refractivity contribution >= 4 is 34.7 Å². The van der Waals surface area contributed by atoms with Crippen LogP contribution < -0.4 is 15.0 Å². The van der Waals surface area contributed by atoms with Gasteiger partial charge in [-0.25, -0.2) is 4.98 Å². The first-order chi connectivity index (χ1) is 13.0. The van der Waals surface area contributed by atoms with Gasteiger partial charge in [-0.2, -0.15) is 4.98 Å². The van der Waals surface area contributed by atoms with Gasteiger partial charge in [0, 0.05) is 35.1 Å². The third-order valence-electron chi connectivity index (χ3n) is 4.23. The van der Waals surface area contributed by atoms with Gasteiger partial charge in [0.25, 0.3) is 0 Å². The van der Waals surface area contributed by atoms with Crippen LogP contribution in [0.3, 0.4) is 0 Å². The highest BCUT2D eigenvalue weighted by atomic mass is 35.5. The van der Waals surface area contributed by atoms with Gasteiger partial charge in [-0.05, 0) is 44.5 Å². The molecule has 0 aliphatic heterocycles. The normalized spacial score (nSPS) is 10.6. The second kappa shape index (κ2) is 8.27. The van der Waals surface area contributed by atoms with Gasteiger partial charge < -0.3 is 15.0 Å². The summed E-state index contributed by atoms with van der Waals surface area (Å²) in [6, 6.07) is 15.9. The fourth-order valence-corrected chi connectivity index (χ4v) is 3.03. The van der Waals surface area contributed by atoms with Crippen LogP contribution in [-0.4, -0.2) is 23.6 Å². The summed E-state index contributed by atoms with van der Waals surface area (Å²) in [5.41, 5.74) is 3.69. The van der Waals surface area contributed by atoms with Crippen molar-refractivity contribution in [3.63, 3.8) is 0 Å². The van der Waals surface area contributed by atoms with Crippen LogP contribution in [0.4, 0.5) is 23.1 Å². The Kier molecular flexibility index (Phi) is 5.81. The lowest BCUT2D eigenvalue weighted by Gasteiger charge is -2.23. The standard InChI is InChI=1S/C21H23ClN4O/c1-5-26(16-9-7-6-8-10-16)20-12-15(3)23-21(25-20)24-18-11-14(2)17(22)13-19(18)27-4/h6-13H,5H2,1-4H3,(H,23,24,25). The number of nitrogens with zero attached hydrogens (tertiary/aromatic N) is 3. The average molecular weight is 383 g/mol. The molecular formula is C21H23ClN4O. The Balaban J connectivity index is 1.98. The Labute approximate surface area is 165 Å². The van der Waals surface area contributed by atoms with E-state index in [2.05, 4.69) is 34.3 Å². The molecule has 1 N–H and O–H groups in total. The van der Waals surface area contributed by atoms with Crippen LogP contribution in [0, 0.1) is 13.8 Å². The molecule has 3 rings (SSSR count). The summed E-state index contributed by atoms with van der Waals surface area (Å²) < 4.78 is 5.44. The summed E-state index contributed by atoms with van der Waals surface area (Å²) in [6.07, 6.45) is 0. The van der Waals surface area contributed by atoms with Gasteiger partial charge in [0.05, 0.1) is 12.8 Å². The lowest BCUT2D eigenvalue weighted by Crippen LogP contribution is -2.18. The van der Waals surface area contributed by atoms with Crippen LogP contribution in [0.25, 0.3) is 0 Å². The highest BCUT2D eigenvalue weighted by Crippen LogP contribution is 2.33. The summed E-state index contributed by atoms with van der Waals surface area (Å²) in [5.74, 6) is 2.00. The molecule has 0 saturated heterocycles. The molecule has 0 fully saturated rings. The Morgan fingerprint density at radius 1 is 1.07 bits per heavy atom. The van der Waals surface area contributed by atoms with Crippen molar-refractivity contribution in [3.05, 3.63) is 64.8 Å². The van der Waals surface area contributed by atoms with E-state index in [1.165, 1.54) is 0 Å². The van der Waals surface area contributed by atoms with Crippen LogP contribution in [0.5, 0.6) is 5.75 Å². The number of aromatic nitrogens is 2. The molecule has 0 unspecified atom stereocenters. The Bertz CT molecular complexity index is 931. The van der Waals surface area contributed by atoms with E-state index >= 15 is 0 Å². The number of rotatable bonds is 6. The molecule has 1 heterocycles. The van der Waals surface area contributed by atoms with Crippen molar-refractivity contribution in [3.8, 4) is 5.75 Å². The minimum atomic E-state index is 0.513. The number of nitrogens with one attached hydrogen (secondary N) is 1. The Hall–Kier alpha value is -2.79. The number of ether oxygens (including phenoxy) is 1. The number of aryl methyl sites for hydroxylation is 2. The predicted octanol–water partition coefficient (Wildman–Crippen LogP) is 5.66. The average Bonchev–Trinajstić information content (AvgIpc) is 2.65. The van der Waals surface area contributed by atoms with Gasteiger partial charge in [0.15, 0.2) is 0 Å². The molecule has 0 aliphatic carbocycles. The summed E-state index contributed by atoms with van der Waals surface area (Å²) in [5, 5.41) is 3.93. The maximum atomic E-state index is 6.20. The summed E-state index contributed by atoms with van der Waals surface area (Å²) in [7, 11) is 1.61. The molecule has 0 atom stereocenters. The van der Waals surface area contributed by atoms with Gasteiger partial charge in [-0.3, -0.25) is 0 Å². The van der Waals surface area contributed by atoms with Gasteiger partial charge in [-0.1, -0.05) is 29.8 Å². The lowest BCUT2D eigenvalue weighted by atomic mass is 10.2. The van der Waals surface area contributed by atoms with Crippen LogP contribution in [0.1, 0.15) is 18.2 Å². The van der Waals surface area contributed by atoms with Gasteiger partial charge >= 0.3 is 0 Å². The number of halogens is 1. The van der Waals surface area contributed by atoms with E-state index in [-0.39, 0.29) is 0 Å². The molecule has 2 aromatic carbocycles. The van der Waals surface area contributed by atoms with Crippen molar-refractivity contribution in [2.24, 2.45) is 0 Å². The predicted molar refractivity (Wildman–Crippen MR) is 112 cm³/mol. The molecule has 140 valence electrons. The van der Waals surface area contributed by atoms with Crippen molar-refractivity contribution < 1.29 is 4.74 Å². The molecule has 0 bridgehead atoms. The molecule has 5 nitrogen and oxygen atoms in total. The first-order valence-electron chi connectivity index (χ1n) is 8.81. The van der Waals surface area contributed by atoms with Crippen molar-refractivity contribution in [1.82, 2.24) is 9.97 Å². The first-order valence-corrected chi connectivity index (χ1v) is 9.19. The topological polar surface area (TPSA) is 50.3 Å². The van der Waals surface area contributed by atoms with E-state index in [9.17, 15) is 0 Å². The van der Waals surface area contributed by atoms with Gasteiger partial charge in [0.2, 0.25) is 5.95 Å². The quantitative estimate of drug-likeness (QED) is 0.596. The van der Waals surface area contributed by atoms with Crippen LogP contribution in [0.15, 0.2) is 48.5 Å². The maximum Gasteiger partial charge on any atom is 0.229 e. The number of hydrogen-bond donors (Lipinski definition) is 1. The number of methoxy groups -OCH3 is 1. The molecule has 0 radical (unpaired) electrons. The lowest BCUT2D eigenvalue weighted by molar-refractivity contribution is 0.416. The fraction of sp³-hybridized carbons (Fsp3) is 0.238. The molecule has 27 heavy (non-hydrogen) atoms. The third-order valence-corrected chi connectivity index (χ3v) is 4.64. The maximum absolute atomic E-state index is 6.20. The molecule has 1 aromatic heterocycles. The smallest absolute Gasteiger partial charge is 0.229 e. The summed E-state index contributed by atoms with van der Waals surface area (Å²) in [4.78, 5) is 11.4. The summed E-state index contributed by atoms with van der Waals surface area (Å²) >= 11 is 6.20. The second-order valence-corrected chi connectivity index (χ2v) is 6.60. The largest absolute Gasteiger partial charge is 0.495 e. The van der Waals surface area contributed by atoms with E-state index in [1.54, 1.807) is 13.2 Å². The highest BCUT2D eigenvalue weighted by molar-refractivity contribution is 6.31. The molecule has 0 amide bonds. The van der Waals surface area contributed by atoms with Gasteiger partial charge in [-0.15, -0.1) is 0 Å². The monoisotopic (exact) mass is 382 g/mol. The van der Waals surface area contributed by atoms with Crippen LogP contribution in [0.2, 0.25) is 5.02 Å². The fourth-order valence-electron chi connectivity index (χ4n) is 2.88. The number of benzene rings is 2. The zero-order chi connectivity index (χ0) is 19.4. The van der Waals surface area contributed by atoms with Crippen molar-refractivity contribution in [2.75, 3.05) is 23.9 Å². The minimum Gasteiger partial charge on any atom is -0.495 e. The van der Waals surface area contributed by atoms with Crippen molar-refractivity contribution in [1.29, 1.82) is 0 Å². The molecular weight excluding hydrogens is 360 g/mol. The molecule has 0 aliphatic rings. The van der Waals surface area contributed by atoms with E-state index in [0.29, 0.717) is 16.7 Å². The first kappa shape index (κ1) is 19.0.